The molecule has 0 bridgehead atoms. The second kappa shape index (κ2) is 9.13. The maximum Gasteiger partial charge on any atom is 0.161 e. The number of hydrogen-bond donors (Lipinski definition) is 2. The van der Waals surface area contributed by atoms with Gasteiger partial charge in [0, 0.05) is 36.3 Å². The van der Waals surface area contributed by atoms with E-state index in [-0.39, 0.29) is 5.69 Å². The minimum atomic E-state index is -0.449. The average Bonchev–Trinajstić information content (AvgIpc) is 3.69. The molecule has 0 radical (unpaired) electrons. The molecular weight excluding hydrogens is 487 g/mol. The fourth-order valence-corrected chi connectivity index (χ4v) is 5.76. The van der Waals surface area contributed by atoms with E-state index < -0.39 is 5.82 Å². The van der Waals surface area contributed by atoms with E-state index in [1.54, 1.807) is 36.1 Å². The molecule has 0 saturated carbocycles. The molecule has 7 heterocycles. The largest absolute Gasteiger partial charge is 0.335 e. The number of H-pyrrole nitrogens is 2. The minimum absolute atomic E-state index is 0.250. The van der Waals surface area contributed by atoms with Crippen LogP contribution in [0.4, 0.5) is 4.39 Å². The fraction of sp³-hybridized carbons (Fsp3) is 0.222. The molecule has 10 heteroatoms. The van der Waals surface area contributed by atoms with Crippen molar-refractivity contribution in [2.24, 2.45) is 0 Å². The highest BCUT2D eigenvalue weighted by molar-refractivity contribution is 7.08. The van der Waals surface area contributed by atoms with E-state index in [4.69, 9.17) is 4.98 Å². The van der Waals surface area contributed by atoms with Crippen LogP contribution >= 0.6 is 11.3 Å². The Kier molecular flexibility index (Phi) is 5.48. The molecule has 2 N–H and O–H groups in total. The van der Waals surface area contributed by atoms with Crippen LogP contribution < -0.4 is 0 Å². The van der Waals surface area contributed by atoms with Crippen LogP contribution in [-0.2, 0) is 6.54 Å². The van der Waals surface area contributed by atoms with Crippen LogP contribution in [0.2, 0.25) is 0 Å². The van der Waals surface area contributed by atoms with Crippen LogP contribution in [0.1, 0.15) is 24.8 Å². The predicted octanol–water partition coefficient (Wildman–Crippen LogP) is 5.81. The van der Waals surface area contributed by atoms with Gasteiger partial charge < -0.3 is 4.98 Å². The maximum atomic E-state index is 16.1. The molecule has 1 aliphatic rings. The third-order valence-corrected chi connectivity index (χ3v) is 7.60. The highest BCUT2D eigenvalue weighted by Crippen LogP contribution is 2.34. The van der Waals surface area contributed by atoms with Crippen molar-refractivity contribution in [3.8, 4) is 33.9 Å². The molecule has 6 aromatic heterocycles. The molecule has 0 unspecified atom stereocenters. The Labute approximate surface area is 215 Å². The number of fused-ring (bicyclic) bond motifs is 2. The van der Waals surface area contributed by atoms with Gasteiger partial charge in [-0.25, -0.2) is 9.37 Å². The molecule has 8 nitrogen and oxygen atoms in total. The van der Waals surface area contributed by atoms with Gasteiger partial charge in [-0.15, -0.1) is 0 Å². The lowest BCUT2D eigenvalue weighted by Crippen LogP contribution is -2.29. The van der Waals surface area contributed by atoms with Gasteiger partial charge >= 0.3 is 0 Å². The summed E-state index contributed by atoms with van der Waals surface area (Å²) in [5.41, 5.74) is 6.35. The molecule has 7 rings (SSSR count). The number of pyridine rings is 3. The Bertz CT molecular complexity index is 1720. The first-order chi connectivity index (χ1) is 18.2. The summed E-state index contributed by atoms with van der Waals surface area (Å²) in [4.78, 5) is 23.7. The van der Waals surface area contributed by atoms with E-state index in [1.165, 1.54) is 19.3 Å². The monoisotopic (exact) mass is 510 g/mol. The summed E-state index contributed by atoms with van der Waals surface area (Å²) in [7, 11) is 0. The van der Waals surface area contributed by atoms with Gasteiger partial charge in [0.15, 0.2) is 11.6 Å². The summed E-state index contributed by atoms with van der Waals surface area (Å²) in [5.74, 6) is 0.0218. The molecule has 0 spiro atoms. The van der Waals surface area contributed by atoms with Crippen molar-refractivity contribution in [3.63, 3.8) is 0 Å². The maximum absolute atomic E-state index is 16.1. The van der Waals surface area contributed by atoms with Crippen molar-refractivity contribution in [2.45, 2.75) is 25.8 Å². The Balaban J connectivity index is 1.30. The lowest BCUT2D eigenvalue weighted by atomic mass is 10.1. The quantitative estimate of drug-likeness (QED) is 0.304. The Morgan fingerprint density at radius 3 is 2.70 bits per heavy atom. The van der Waals surface area contributed by atoms with Gasteiger partial charge in [0.25, 0.3) is 0 Å². The van der Waals surface area contributed by atoms with Gasteiger partial charge in [-0.3, -0.25) is 25.0 Å². The van der Waals surface area contributed by atoms with Crippen LogP contribution in [-0.4, -0.2) is 53.1 Å². The highest BCUT2D eigenvalue weighted by atomic mass is 32.1. The van der Waals surface area contributed by atoms with Gasteiger partial charge in [-0.2, -0.15) is 16.4 Å². The Morgan fingerprint density at radius 2 is 1.84 bits per heavy atom. The number of nitrogens with zero attached hydrogens (tertiary/aromatic N) is 6. The average molecular weight is 511 g/mol. The molecular formula is C27H23FN8S. The normalized spacial score (nSPS) is 14.6. The topological polar surface area (TPSA) is 99.3 Å². The molecule has 1 saturated heterocycles. The van der Waals surface area contributed by atoms with Gasteiger partial charge in [0.2, 0.25) is 0 Å². The summed E-state index contributed by atoms with van der Waals surface area (Å²) in [5, 5.41) is 11.7. The van der Waals surface area contributed by atoms with Crippen molar-refractivity contribution in [3.05, 3.63) is 65.3 Å². The van der Waals surface area contributed by atoms with Crippen LogP contribution in [0.25, 0.3) is 55.8 Å². The number of rotatable bonds is 5. The zero-order valence-corrected chi connectivity index (χ0v) is 20.7. The Morgan fingerprint density at radius 1 is 0.946 bits per heavy atom. The number of likely N-dealkylation sites (tertiary alicyclic amines) is 1. The third kappa shape index (κ3) is 3.98. The molecule has 1 aliphatic heterocycles. The van der Waals surface area contributed by atoms with Crippen molar-refractivity contribution < 1.29 is 4.39 Å². The van der Waals surface area contributed by atoms with E-state index in [0.717, 1.165) is 47.4 Å². The van der Waals surface area contributed by atoms with E-state index in [2.05, 4.69) is 40.4 Å². The first kappa shape index (κ1) is 22.2. The molecule has 0 amide bonds. The molecule has 0 aromatic carbocycles. The second-order valence-electron chi connectivity index (χ2n) is 9.38. The smallest absolute Gasteiger partial charge is 0.161 e. The Hall–Kier alpha value is -4.02. The number of piperidine rings is 1. The van der Waals surface area contributed by atoms with Gasteiger partial charge in [-0.05, 0) is 60.0 Å². The zero-order chi connectivity index (χ0) is 24.8. The lowest BCUT2D eigenvalue weighted by Gasteiger charge is -2.26. The van der Waals surface area contributed by atoms with E-state index >= 15 is 4.39 Å². The van der Waals surface area contributed by atoms with E-state index in [1.807, 2.05) is 23.7 Å². The molecule has 1 fully saturated rings. The standard InChI is InChI=1S/C27H23FN8S/c28-23-22-20(13-31-24(23)18-8-16(9-29-10-18)14-36-5-2-1-3-6-36)34-35-26(22)27-32-21-12-30-11-19(25(21)33-27)17-4-7-37-15-17/h4,7-13,15H,1-3,5-6,14H2,(H,32,33)(H,34,35). The lowest BCUT2D eigenvalue weighted by molar-refractivity contribution is 0.220. The van der Waals surface area contributed by atoms with Crippen molar-refractivity contribution in [2.75, 3.05) is 13.1 Å². The number of halogens is 1. The van der Waals surface area contributed by atoms with Crippen LogP contribution in [0, 0.1) is 5.82 Å². The number of imidazole rings is 1. The summed E-state index contributed by atoms with van der Waals surface area (Å²) >= 11 is 1.61. The molecule has 184 valence electrons. The zero-order valence-electron chi connectivity index (χ0n) is 19.9. The van der Waals surface area contributed by atoms with E-state index in [0.29, 0.717) is 28.0 Å². The van der Waals surface area contributed by atoms with Crippen LogP contribution in [0.15, 0.2) is 53.9 Å². The summed E-state index contributed by atoms with van der Waals surface area (Å²) < 4.78 is 16.1. The van der Waals surface area contributed by atoms with Crippen LogP contribution in [0.5, 0.6) is 0 Å². The SMILES string of the molecule is Fc1c(-c2cncc(CN3CCCCC3)c2)ncc2[nH]nc(-c3nc4c(-c5ccsc5)cncc4[nH]3)c12. The molecule has 0 aliphatic carbocycles. The van der Waals surface area contributed by atoms with Crippen LogP contribution in [0.3, 0.4) is 0 Å². The van der Waals surface area contributed by atoms with Crippen molar-refractivity contribution >= 4 is 33.3 Å². The molecule has 6 aromatic rings. The number of hydrogen-bond acceptors (Lipinski definition) is 7. The van der Waals surface area contributed by atoms with Gasteiger partial charge in [0.05, 0.1) is 28.8 Å². The highest BCUT2D eigenvalue weighted by Gasteiger charge is 2.22. The summed E-state index contributed by atoms with van der Waals surface area (Å²) in [6, 6.07) is 4.02. The summed E-state index contributed by atoms with van der Waals surface area (Å²) in [6.45, 7) is 2.98. The number of aromatic amines is 2. The predicted molar refractivity (Wildman–Crippen MR) is 142 cm³/mol. The second-order valence-corrected chi connectivity index (χ2v) is 10.2. The number of aromatic nitrogens is 7. The summed E-state index contributed by atoms with van der Waals surface area (Å²) in [6.07, 6.45) is 12.4. The first-order valence-corrected chi connectivity index (χ1v) is 13.2. The van der Waals surface area contributed by atoms with Gasteiger partial charge in [0.1, 0.15) is 16.9 Å². The first-order valence-electron chi connectivity index (χ1n) is 12.3. The molecule has 37 heavy (non-hydrogen) atoms. The van der Waals surface area contributed by atoms with E-state index in [9.17, 15) is 0 Å². The third-order valence-electron chi connectivity index (χ3n) is 6.92. The molecule has 0 atom stereocenters. The fourth-order valence-electron chi connectivity index (χ4n) is 5.10. The minimum Gasteiger partial charge on any atom is -0.335 e. The number of nitrogens with one attached hydrogen (secondary N) is 2. The van der Waals surface area contributed by atoms with Gasteiger partial charge in [-0.1, -0.05) is 6.42 Å². The van der Waals surface area contributed by atoms with Crippen molar-refractivity contribution in [1.82, 2.24) is 40.0 Å². The number of thiophene rings is 1. The van der Waals surface area contributed by atoms with Crippen molar-refractivity contribution in [1.29, 1.82) is 0 Å².